The molecule has 0 aliphatic heterocycles. The number of aryl methyl sites for hydroxylation is 2. The Hall–Kier alpha value is -1.74. The summed E-state index contributed by atoms with van der Waals surface area (Å²) in [6, 6.07) is 7.28. The molecule has 0 amide bonds. The van der Waals surface area contributed by atoms with E-state index >= 15 is 0 Å². The Bertz CT molecular complexity index is 555. The Kier molecular flexibility index (Phi) is 3.20. The highest BCUT2D eigenvalue weighted by Gasteiger charge is 2.07. The van der Waals surface area contributed by atoms with Crippen LogP contribution in [0.4, 0.5) is 5.69 Å². The fraction of sp³-hybridized carbons (Fsp3) is 0.154. The van der Waals surface area contributed by atoms with E-state index in [1.54, 1.807) is 12.3 Å². The van der Waals surface area contributed by atoms with Crippen molar-refractivity contribution >= 4 is 17.3 Å². The molecule has 0 saturated heterocycles. The first-order chi connectivity index (χ1) is 8.06. The molecule has 0 bridgehead atoms. The molecule has 0 saturated carbocycles. The first kappa shape index (κ1) is 11.7. The molecule has 0 spiro atoms. The van der Waals surface area contributed by atoms with E-state index in [0.29, 0.717) is 22.3 Å². The number of rotatable bonds is 2. The van der Waals surface area contributed by atoms with E-state index in [-0.39, 0.29) is 0 Å². The van der Waals surface area contributed by atoms with Gasteiger partial charge in [-0.25, -0.2) is 4.98 Å². The SMILES string of the molecule is Cc1cnc(Oc2cc(Cl)ccc2C)c(N)c1. The zero-order valence-electron chi connectivity index (χ0n) is 9.70. The predicted molar refractivity (Wildman–Crippen MR) is 69.6 cm³/mol. The molecular formula is C13H13ClN2O. The average molecular weight is 249 g/mol. The monoisotopic (exact) mass is 248 g/mol. The van der Waals surface area contributed by atoms with Crippen molar-refractivity contribution in [1.82, 2.24) is 4.98 Å². The molecular weight excluding hydrogens is 236 g/mol. The molecule has 0 aliphatic carbocycles. The number of benzene rings is 1. The minimum absolute atomic E-state index is 0.404. The maximum atomic E-state index is 5.92. The van der Waals surface area contributed by atoms with E-state index in [9.17, 15) is 0 Å². The molecule has 3 nitrogen and oxygen atoms in total. The lowest BCUT2D eigenvalue weighted by Gasteiger charge is -2.10. The second kappa shape index (κ2) is 4.63. The van der Waals surface area contributed by atoms with Gasteiger partial charge in [-0.15, -0.1) is 0 Å². The molecule has 1 heterocycles. The highest BCUT2D eigenvalue weighted by Crippen LogP contribution is 2.29. The van der Waals surface area contributed by atoms with Crippen LogP contribution in [-0.2, 0) is 0 Å². The summed E-state index contributed by atoms with van der Waals surface area (Å²) >= 11 is 5.92. The summed E-state index contributed by atoms with van der Waals surface area (Å²) in [5.74, 6) is 1.07. The molecule has 1 aromatic heterocycles. The van der Waals surface area contributed by atoms with Gasteiger partial charge in [-0.05, 0) is 43.2 Å². The number of nitrogens with two attached hydrogens (primary N) is 1. The van der Waals surface area contributed by atoms with Gasteiger partial charge in [0, 0.05) is 11.2 Å². The van der Waals surface area contributed by atoms with E-state index in [0.717, 1.165) is 11.1 Å². The van der Waals surface area contributed by atoms with Gasteiger partial charge in [0.2, 0.25) is 5.88 Å². The number of nitrogen functional groups attached to an aromatic ring is 1. The van der Waals surface area contributed by atoms with E-state index in [4.69, 9.17) is 22.1 Å². The lowest BCUT2D eigenvalue weighted by Crippen LogP contribution is -1.96. The molecule has 1 aromatic carbocycles. The van der Waals surface area contributed by atoms with Crippen molar-refractivity contribution in [2.45, 2.75) is 13.8 Å². The van der Waals surface area contributed by atoms with Crippen molar-refractivity contribution < 1.29 is 4.74 Å². The summed E-state index contributed by atoms with van der Waals surface area (Å²) in [6.45, 7) is 3.87. The number of hydrogen-bond acceptors (Lipinski definition) is 3. The maximum Gasteiger partial charge on any atom is 0.242 e. The molecule has 0 fully saturated rings. The average Bonchev–Trinajstić information content (AvgIpc) is 2.27. The van der Waals surface area contributed by atoms with Crippen LogP contribution in [-0.4, -0.2) is 4.98 Å². The maximum absolute atomic E-state index is 5.92. The van der Waals surface area contributed by atoms with Crippen LogP contribution in [0.5, 0.6) is 11.6 Å². The second-order valence-electron chi connectivity index (χ2n) is 3.92. The number of pyridine rings is 1. The largest absolute Gasteiger partial charge is 0.437 e. The molecule has 4 heteroatoms. The van der Waals surface area contributed by atoms with E-state index < -0.39 is 0 Å². The third-order valence-electron chi connectivity index (χ3n) is 2.37. The minimum Gasteiger partial charge on any atom is -0.437 e. The van der Waals surface area contributed by atoms with Gasteiger partial charge in [-0.3, -0.25) is 0 Å². The minimum atomic E-state index is 0.404. The van der Waals surface area contributed by atoms with Crippen LogP contribution in [0, 0.1) is 13.8 Å². The molecule has 2 rings (SSSR count). The number of anilines is 1. The predicted octanol–water partition coefficient (Wildman–Crippen LogP) is 3.73. The molecule has 0 aliphatic rings. The van der Waals surface area contributed by atoms with Crippen LogP contribution in [0.15, 0.2) is 30.5 Å². The van der Waals surface area contributed by atoms with Gasteiger partial charge in [-0.1, -0.05) is 17.7 Å². The fourth-order valence-electron chi connectivity index (χ4n) is 1.45. The summed E-state index contributed by atoms with van der Waals surface area (Å²) in [4.78, 5) is 4.15. The molecule has 2 aromatic rings. The van der Waals surface area contributed by atoms with Gasteiger partial charge in [0.05, 0.1) is 5.69 Å². The Morgan fingerprint density at radius 1 is 1.24 bits per heavy atom. The number of ether oxygens (including phenoxy) is 1. The summed E-state index contributed by atoms with van der Waals surface area (Å²) in [5.41, 5.74) is 8.34. The van der Waals surface area contributed by atoms with Gasteiger partial charge in [0.1, 0.15) is 5.75 Å². The van der Waals surface area contributed by atoms with Crippen LogP contribution in [0.25, 0.3) is 0 Å². The van der Waals surface area contributed by atoms with E-state index in [2.05, 4.69) is 4.98 Å². The number of hydrogen-bond donors (Lipinski definition) is 1. The number of aromatic nitrogens is 1. The quantitative estimate of drug-likeness (QED) is 0.881. The zero-order chi connectivity index (χ0) is 12.4. The van der Waals surface area contributed by atoms with Gasteiger partial charge in [0.25, 0.3) is 0 Å². The van der Waals surface area contributed by atoms with E-state index in [1.807, 2.05) is 32.0 Å². The van der Waals surface area contributed by atoms with Gasteiger partial charge >= 0.3 is 0 Å². The summed E-state index contributed by atoms with van der Waals surface area (Å²) in [7, 11) is 0. The summed E-state index contributed by atoms with van der Waals surface area (Å²) in [6.07, 6.45) is 1.71. The standard InChI is InChI=1S/C13H13ClN2O/c1-8-5-11(15)13(16-7-8)17-12-6-10(14)4-3-9(12)2/h3-7H,15H2,1-2H3. The second-order valence-corrected chi connectivity index (χ2v) is 4.36. The van der Waals surface area contributed by atoms with E-state index in [1.165, 1.54) is 0 Å². The van der Waals surface area contributed by atoms with Crippen LogP contribution in [0.2, 0.25) is 5.02 Å². The first-order valence-corrected chi connectivity index (χ1v) is 5.60. The summed E-state index contributed by atoms with van der Waals surface area (Å²) < 4.78 is 5.66. The highest BCUT2D eigenvalue weighted by atomic mass is 35.5. The molecule has 0 unspecified atom stereocenters. The smallest absolute Gasteiger partial charge is 0.242 e. The van der Waals surface area contributed by atoms with Crippen molar-refractivity contribution in [3.8, 4) is 11.6 Å². The Morgan fingerprint density at radius 2 is 2.00 bits per heavy atom. The number of nitrogens with zero attached hydrogens (tertiary/aromatic N) is 1. The molecule has 0 atom stereocenters. The van der Waals surface area contributed by atoms with Crippen LogP contribution < -0.4 is 10.5 Å². The van der Waals surface area contributed by atoms with Crippen LogP contribution >= 0.6 is 11.6 Å². The number of halogens is 1. The Balaban J connectivity index is 2.34. The third kappa shape index (κ3) is 2.68. The zero-order valence-corrected chi connectivity index (χ0v) is 10.5. The van der Waals surface area contributed by atoms with Crippen LogP contribution in [0.1, 0.15) is 11.1 Å². The topological polar surface area (TPSA) is 48.1 Å². The normalized spacial score (nSPS) is 10.3. The lowest BCUT2D eigenvalue weighted by atomic mass is 10.2. The molecule has 88 valence electrons. The van der Waals surface area contributed by atoms with Gasteiger partial charge in [0.15, 0.2) is 0 Å². The Morgan fingerprint density at radius 3 is 2.71 bits per heavy atom. The van der Waals surface area contributed by atoms with Crippen molar-refractivity contribution in [3.05, 3.63) is 46.6 Å². The molecule has 17 heavy (non-hydrogen) atoms. The van der Waals surface area contributed by atoms with Gasteiger partial charge < -0.3 is 10.5 Å². The third-order valence-corrected chi connectivity index (χ3v) is 2.61. The van der Waals surface area contributed by atoms with Crippen molar-refractivity contribution in [2.24, 2.45) is 0 Å². The molecule has 2 N–H and O–H groups in total. The first-order valence-electron chi connectivity index (χ1n) is 5.22. The fourth-order valence-corrected chi connectivity index (χ4v) is 1.61. The Labute approximate surface area is 105 Å². The highest BCUT2D eigenvalue weighted by molar-refractivity contribution is 6.30. The van der Waals surface area contributed by atoms with Crippen molar-refractivity contribution in [1.29, 1.82) is 0 Å². The van der Waals surface area contributed by atoms with Gasteiger partial charge in [-0.2, -0.15) is 0 Å². The summed E-state index contributed by atoms with van der Waals surface area (Å²) in [5, 5.41) is 0.622. The molecule has 0 radical (unpaired) electrons. The van der Waals surface area contributed by atoms with Crippen LogP contribution in [0.3, 0.4) is 0 Å². The lowest BCUT2D eigenvalue weighted by molar-refractivity contribution is 0.462. The van der Waals surface area contributed by atoms with Crippen molar-refractivity contribution in [3.63, 3.8) is 0 Å². The van der Waals surface area contributed by atoms with Crippen molar-refractivity contribution in [2.75, 3.05) is 5.73 Å².